The first-order chi connectivity index (χ1) is 12.5. The Morgan fingerprint density at radius 3 is 2.56 bits per heavy atom. The van der Waals surface area contributed by atoms with Gasteiger partial charge in [-0.1, -0.05) is 11.8 Å². The summed E-state index contributed by atoms with van der Waals surface area (Å²) < 4.78 is 6.56. The van der Waals surface area contributed by atoms with Gasteiger partial charge in [0, 0.05) is 24.3 Å². The molecule has 2 aromatic heterocycles. The van der Waals surface area contributed by atoms with Crippen molar-refractivity contribution in [1.82, 2.24) is 15.0 Å². The third kappa shape index (κ3) is 7.75. The summed E-state index contributed by atoms with van der Waals surface area (Å²) in [5, 5.41) is 5.24. The number of rotatable bonds is 8. The lowest BCUT2D eigenvalue weighted by Gasteiger charge is -2.27. The van der Waals surface area contributed by atoms with E-state index >= 15 is 0 Å². The van der Waals surface area contributed by atoms with E-state index < -0.39 is 10.3 Å². The van der Waals surface area contributed by atoms with Crippen LogP contribution in [0.1, 0.15) is 46.7 Å². The molecule has 2 rings (SSSR count). The molecule has 0 aliphatic rings. The standard InChI is InChI=1S/C18H25BrN4O2S2/c1-17(2,3)25-14(24)18(4,5)27-16-23-13(11-26-16)7-6-8-20-15-21-9-12(19)10-22-15/h9-11H,6-8H2,1-5H3,(H,20,21,22). The average molecular weight is 473 g/mol. The second-order valence-corrected chi connectivity index (χ2v) is 11.1. The van der Waals surface area contributed by atoms with E-state index in [1.165, 1.54) is 11.8 Å². The van der Waals surface area contributed by atoms with Crippen LogP contribution in [0.3, 0.4) is 0 Å². The van der Waals surface area contributed by atoms with E-state index in [9.17, 15) is 4.79 Å². The van der Waals surface area contributed by atoms with Crippen molar-refractivity contribution in [2.45, 2.75) is 62.1 Å². The van der Waals surface area contributed by atoms with Crippen molar-refractivity contribution in [3.8, 4) is 0 Å². The summed E-state index contributed by atoms with van der Waals surface area (Å²) in [4.78, 5) is 25.4. The minimum Gasteiger partial charge on any atom is -0.459 e. The first-order valence-corrected chi connectivity index (χ1v) is 11.1. The Morgan fingerprint density at radius 2 is 1.93 bits per heavy atom. The number of thioether (sulfide) groups is 1. The molecule has 0 saturated heterocycles. The number of esters is 1. The predicted molar refractivity (Wildman–Crippen MR) is 114 cm³/mol. The van der Waals surface area contributed by atoms with Crippen LogP contribution in [0.4, 0.5) is 5.95 Å². The highest BCUT2D eigenvalue weighted by Gasteiger charge is 2.34. The minimum absolute atomic E-state index is 0.226. The van der Waals surface area contributed by atoms with Crippen molar-refractivity contribution in [3.63, 3.8) is 0 Å². The van der Waals surface area contributed by atoms with E-state index in [1.807, 2.05) is 40.0 Å². The van der Waals surface area contributed by atoms with E-state index in [2.05, 4.69) is 36.2 Å². The topological polar surface area (TPSA) is 77.0 Å². The van der Waals surface area contributed by atoms with E-state index in [-0.39, 0.29) is 5.97 Å². The number of carbonyl (C=O) groups is 1. The largest absolute Gasteiger partial charge is 0.459 e. The van der Waals surface area contributed by atoms with Crippen molar-refractivity contribution >= 4 is 50.9 Å². The van der Waals surface area contributed by atoms with Crippen LogP contribution in [0.25, 0.3) is 0 Å². The molecule has 1 N–H and O–H groups in total. The Morgan fingerprint density at radius 1 is 1.26 bits per heavy atom. The monoisotopic (exact) mass is 472 g/mol. The van der Waals surface area contributed by atoms with Crippen LogP contribution in [-0.4, -0.2) is 37.8 Å². The molecule has 0 aliphatic heterocycles. The van der Waals surface area contributed by atoms with Gasteiger partial charge >= 0.3 is 5.97 Å². The zero-order valence-electron chi connectivity index (χ0n) is 16.2. The van der Waals surface area contributed by atoms with E-state index in [1.54, 1.807) is 23.7 Å². The Bertz CT molecular complexity index is 757. The highest BCUT2D eigenvalue weighted by Crippen LogP contribution is 2.36. The molecule has 6 nitrogen and oxygen atoms in total. The van der Waals surface area contributed by atoms with Crippen LogP contribution in [-0.2, 0) is 16.0 Å². The molecule has 0 atom stereocenters. The van der Waals surface area contributed by atoms with Crippen molar-refractivity contribution in [2.75, 3.05) is 11.9 Å². The zero-order valence-corrected chi connectivity index (χ0v) is 19.4. The smallest absolute Gasteiger partial charge is 0.322 e. The lowest BCUT2D eigenvalue weighted by Crippen LogP contribution is -2.36. The van der Waals surface area contributed by atoms with Crippen molar-refractivity contribution in [2.24, 2.45) is 0 Å². The maximum absolute atomic E-state index is 12.4. The van der Waals surface area contributed by atoms with Gasteiger partial charge in [-0.05, 0) is 63.4 Å². The number of hydrogen-bond acceptors (Lipinski definition) is 8. The number of halogens is 1. The Labute approximate surface area is 177 Å². The Balaban J connectivity index is 1.80. The predicted octanol–water partition coefficient (Wildman–Crippen LogP) is 4.95. The van der Waals surface area contributed by atoms with Gasteiger partial charge < -0.3 is 10.1 Å². The molecular formula is C18H25BrN4O2S2. The molecule has 148 valence electrons. The van der Waals surface area contributed by atoms with E-state index in [4.69, 9.17) is 4.74 Å². The van der Waals surface area contributed by atoms with Crippen molar-refractivity contribution < 1.29 is 9.53 Å². The summed E-state index contributed by atoms with van der Waals surface area (Å²) >= 11 is 6.32. The number of ether oxygens (including phenoxy) is 1. The summed E-state index contributed by atoms with van der Waals surface area (Å²) in [5.41, 5.74) is 0.537. The summed E-state index contributed by atoms with van der Waals surface area (Å²) in [6.07, 6.45) is 5.20. The highest BCUT2D eigenvalue weighted by atomic mass is 79.9. The summed E-state index contributed by atoms with van der Waals surface area (Å²) in [7, 11) is 0. The van der Waals surface area contributed by atoms with Gasteiger partial charge in [0.25, 0.3) is 0 Å². The molecule has 2 aromatic rings. The fraction of sp³-hybridized carbons (Fsp3) is 0.556. The fourth-order valence-electron chi connectivity index (χ4n) is 1.98. The maximum Gasteiger partial charge on any atom is 0.322 e. The van der Waals surface area contributed by atoms with Crippen molar-refractivity contribution in [3.05, 3.63) is 27.9 Å². The van der Waals surface area contributed by atoms with Crippen molar-refractivity contribution in [1.29, 1.82) is 0 Å². The molecule has 0 fully saturated rings. The molecular weight excluding hydrogens is 448 g/mol. The quantitative estimate of drug-likeness (QED) is 0.330. The molecule has 0 unspecified atom stereocenters. The number of carbonyl (C=O) groups excluding carboxylic acids is 1. The number of thiazole rings is 1. The van der Waals surface area contributed by atoms with Crippen LogP contribution in [0.15, 0.2) is 26.6 Å². The number of aromatic nitrogens is 3. The number of nitrogens with one attached hydrogen (secondary N) is 1. The minimum atomic E-state index is -0.678. The molecule has 0 bridgehead atoms. The number of hydrogen-bond donors (Lipinski definition) is 1. The fourth-order valence-corrected chi connectivity index (χ4v) is 4.45. The van der Waals surface area contributed by atoms with Gasteiger partial charge in [-0.2, -0.15) is 0 Å². The van der Waals surface area contributed by atoms with Crippen LogP contribution >= 0.6 is 39.0 Å². The van der Waals surface area contributed by atoms with E-state index in [0.29, 0.717) is 5.95 Å². The van der Waals surface area contributed by atoms with Gasteiger partial charge in [0.2, 0.25) is 5.95 Å². The third-order valence-corrected chi connectivity index (χ3v) is 5.85. The second-order valence-electron chi connectivity index (χ2n) is 7.47. The Kier molecular flexibility index (Phi) is 7.64. The summed E-state index contributed by atoms with van der Waals surface area (Å²) in [6.45, 7) is 10.1. The normalized spacial score (nSPS) is 12.1. The molecule has 0 saturated carbocycles. The molecule has 0 aliphatic carbocycles. The van der Waals surface area contributed by atoms with Gasteiger partial charge in [-0.25, -0.2) is 15.0 Å². The molecule has 27 heavy (non-hydrogen) atoms. The van der Waals surface area contributed by atoms with Crippen LogP contribution < -0.4 is 5.32 Å². The Hall–Kier alpha value is -1.19. The van der Waals surface area contributed by atoms with Gasteiger partial charge in [0.05, 0.1) is 10.2 Å². The number of aryl methyl sites for hydroxylation is 1. The first-order valence-electron chi connectivity index (χ1n) is 8.63. The zero-order chi connectivity index (χ0) is 20.1. The number of nitrogens with zero attached hydrogens (tertiary/aromatic N) is 3. The van der Waals surface area contributed by atoms with E-state index in [0.717, 1.165) is 33.9 Å². The lowest BCUT2D eigenvalue weighted by molar-refractivity contribution is -0.156. The van der Waals surface area contributed by atoms with Gasteiger partial charge in [0.1, 0.15) is 10.3 Å². The maximum atomic E-state index is 12.4. The van der Waals surface area contributed by atoms with Gasteiger partial charge in [0.15, 0.2) is 4.34 Å². The van der Waals surface area contributed by atoms with Crippen LogP contribution in [0.5, 0.6) is 0 Å². The molecule has 0 amide bonds. The van der Waals surface area contributed by atoms with Crippen LogP contribution in [0, 0.1) is 0 Å². The summed E-state index contributed by atoms with van der Waals surface area (Å²) in [5.74, 6) is 0.391. The van der Waals surface area contributed by atoms with Gasteiger partial charge in [-0.3, -0.25) is 4.79 Å². The molecule has 9 heteroatoms. The molecule has 2 heterocycles. The molecule has 0 spiro atoms. The molecule has 0 radical (unpaired) electrons. The van der Waals surface area contributed by atoms with Crippen LogP contribution in [0.2, 0.25) is 0 Å². The SMILES string of the molecule is CC(C)(C)OC(=O)C(C)(C)Sc1nc(CCCNc2ncc(Br)cn2)cs1. The third-order valence-electron chi connectivity index (χ3n) is 3.28. The average Bonchev–Trinajstić information content (AvgIpc) is 2.98. The van der Waals surface area contributed by atoms with Gasteiger partial charge in [-0.15, -0.1) is 11.3 Å². The number of anilines is 1. The lowest BCUT2D eigenvalue weighted by atomic mass is 10.1. The second kappa shape index (κ2) is 9.34. The summed E-state index contributed by atoms with van der Waals surface area (Å²) in [6, 6.07) is 0. The highest BCUT2D eigenvalue weighted by molar-refractivity contribution is 9.10. The molecule has 0 aromatic carbocycles. The first kappa shape index (κ1) is 22.1.